The fourth-order valence-electron chi connectivity index (χ4n) is 1.92. The van der Waals surface area contributed by atoms with Crippen LogP contribution in [0.4, 0.5) is 0 Å². The van der Waals surface area contributed by atoms with Crippen LogP contribution in [0.2, 0.25) is 0 Å². The molecule has 0 spiro atoms. The average Bonchev–Trinajstić information content (AvgIpc) is 2.64. The maximum Gasteiger partial charge on any atom is 0.307 e. The van der Waals surface area contributed by atoms with Gasteiger partial charge in [-0.2, -0.15) is 0 Å². The Morgan fingerprint density at radius 2 is 2.13 bits per heavy atom. The van der Waals surface area contributed by atoms with Crippen molar-refractivity contribution in [1.82, 2.24) is 0 Å². The lowest BCUT2D eigenvalue weighted by atomic mass is 10.1. The second-order valence-corrected chi connectivity index (χ2v) is 4.49. The van der Waals surface area contributed by atoms with Gasteiger partial charge in [-0.3, -0.25) is 4.79 Å². The molecule has 1 fully saturated rings. The Bertz CT molecular complexity index is 318. The van der Waals surface area contributed by atoms with Crippen LogP contribution in [0.15, 0.2) is 16.8 Å². The van der Waals surface area contributed by atoms with Gasteiger partial charge >= 0.3 is 5.97 Å². The standard InChI is InChI=1S/C11H17NO3/c1-7(6-12-15-4)5-8-9(10(13)14)11(8,2)3/h5-6,8-9H,1-4H3,(H,13,14)/b7-5+,12-6+/t8-,9+/m1/s1. The van der Waals surface area contributed by atoms with Crippen LogP contribution in [0.25, 0.3) is 0 Å². The third-order valence-electron chi connectivity index (χ3n) is 2.98. The van der Waals surface area contributed by atoms with Crippen molar-refractivity contribution in [2.75, 3.05) is 7.11 Å². The number of oxime groups is 1. The number of hydrogen-bond donors (Lipinski definition) is 1. The molecule has 0 radical (unpaired) electrons. The van der Waals surface area contributed by atoms with Gasteiger partial charge in [0.15, 0.2) is 0 Å². The van der Waals surface area contributed by atoms with E-state index >= 15 is 0 Å². The van der Waals surface area contributed by atoms with Crippen LogP contribution in [0.5, 0.6) is 0 Å². The van der Waals surface area contributed by atoms with E-state index in [1.54, 1.807) is 6.21 Å². The topological polar surface area (TPSA) is 58.9 Å². The fourth-order valence-corrected chi connectivity index (χ4v) is 1.92. The lowest BCUT2D eigenvalue weighted by Crippen LogP contribution is -2.03. The molecule has 0 bridgehead atoms. The molecule has 0 aliphatic heterocycles. The fraction of sp³-hybridized carbons (Fsp3) is 0.636. The van der Waals surface area contributed by atoms with E-state index in [0.717, 1.165) is 5.57 Å². The van der Waals surface area contributed by atoms with Crippen LogP contribution in [0.3, 0.4) is 0 Å². The smallest absolute Gasteiger partial charge is 0.307 e. The second kappa shape index (κ2) is 4.04. The van der Waals surface area contributed by atoms with Gasteiger partial charge in [-0.05, 0) is 23.8 Å². The van der Waals surface area contributed by atoms with Crippen molar-refractivity contribution in [3.8, 4) is 0 Å². The van der Waals surface area contributed by atoms with Crippen LogP contribution in [0.1, 0.15) is 20.8 Å². The lowest BCUT2D eigenvalue weighted by molar-refractivity contribution is -0.139. The summed E-state index contributed by atoms with van der Waals surface area (Å²) in [7, 11) is 1.48. The van der Waals surface area contributed by atoms with Gasteiger partial charge in [0.05, 0.1) is 12.1 Å². The van der Waals surface area contributed by atoms with E-state index < -0.39 is 5.97 Å². The highest BCUT2D eigenvalue weighted by Crippen LogP contribution is 2.59. The average molecular weight is 211 g/mol. The summed E-state index contributed by atoms with van der Waals surface area (Å²) < 4.78 is 0. The zero-order valence-electron chi connectivity index (χ0n) is 9.52. The van der Waals surface area contributed by atoms with Gasteiger partial charge in [0.2, 0.25) is 0 Å². The summed E-state index contributed by atoms with van der Waals surface area (Å²) in [5.41, 5.74) is 0.784. The predicted molar refractivity (Wildman–Crippen MR) is 57.7 cm³/mol. The summed E-state index contributed by atoms with van der Waals surface area (Å²) in [4.78, 5) is 15.4. The summed E-state index contributed by atoms with van der Waals surface area (Å²) in [6.45, 7) is 5.82. The maximum absolute atomic E-state index is 10.9. The van der Waals surface area contributed by atoms with Gasteiger partial charge in [-0.25, -0.2) is 0 Å². The third kappa shape index (κ3) is 2.37. The van der Waals surface area contributed by atoms with E-state index in [2.05, 4.69) is 9.99 Å². The first-order valence-electron chi connectivity index (χ1n) is 4.89. The number of aliphatic carboxylic acids is 1. The van der Waals surface area contributed by atoms with Gasteiger partial charge in [-0.1, -0.05) is 25.1 Å². The van der Waals surface area contributed by atoms with Crippen LogP contribution in [-0.2, 0) is 9.63 Å². The predicted octanol–water partition coefficient (Wildman–Crippen LogP) is 1.92. The van der Waals surface area contributed by atoms with Gasteiger partial charge in [0, 0.05) is 0 Å². The molecule has 0 aromatic heterocycles. The summed E-state index contributed by atoms with van der Waals surface area (Å²) in [6.07, 6.45) is 3.54. The van der Waals surface area contributed by atoms with E-state index in [1.807, 2.05) is 26.8 Å². The van der Waals surface area contributed by atoms with Crippen LogP contribution in [-0.4, -0.2) is 24.4 Å². The van der Waals surface area contributed by atoms with Crippen molar-refractivity contribution >= 4 is 12.2 Å². The molecule has 4 nitrogen and oxygen atoms in total. The van der Waals surface area contributed by atoms with Crippen molar-refractivity contribution in [2.45, 2.75) is 20.8 Å². The number of carboxylic acids is 1. The number of hydrogen-bond acceptors (Lipinski definition) is 3. The molecule has 0 heterocycles. The minimum Gasteiger partial charge on any atom is -0.481 e. The number of rotatable bonds is 4. The molecule has 1 aliphatic rings. The highest BCUT2D eigenvalue weighted by molar-refractivity contribution is 5.80. The summed E-state index contributed by atoms with van der Waals surface area (Å²) >= 11 is 0. The minimum absolute atomic E-state index is 0.0957. The highest BCUT2D eigenvalue weighted by atomic mass is 16.6. The Hall–Kier alpha value is -1.32. The number of allylic oxidation sites excluding steroid dienone is 2. The van der Waals surface area contributed by atoms with Crippen LogP contribution < -0.4 is 0 Å². The van der Waals surface area contributed by atoms with Gasteiger partial charge in [-0.15, -0.1) is 0 Å². The Morgan fingerprint density at radius 3 is 2.53 bits per heavy atom. The number of carbonyl (C=O) groups is 1. The molecule has 1 saturated carbocycles. The van der Waals surface area contributed by atoms with Gasteiger partial charge < -0.3 is 9.94 Å². The molecule has 0 aromatic carbocycles. The molecule has 0 aromatic rings. The molecule has 1 aliphatic carbocycles. The molecule has 1 rings (SSSR count). The molecule has 2 atom stereocenters. The summed E-state index contributed by atoms with van der Waals surface area (Å²) in [5, 5.41) is 12.6. The SMILES string of the molecule is CO/N=C/C(C)=C/[C@@H]1[C@@H](C(=O)O)C1(C)C. The van der Waals surface area contributed by atoms with Crippen LogP contribution >= 0.6 is 0 Å². The lowest BCUT2D eigenvalue weighted by Gasteiger charge is -1.97. The second-order valence-electron chi connectivity index (χ2n) is 4.49. The first-order valence-corrected chi connectivity index (χ1v) is 4.89. The zero-order chi connectivity index (χ0) is 11.6. The molecular weight excluding hydrogens is 194 g/mol. The summed E-state index contributed by atoms with van der Waals surface area (Å²) in [6, 6.07) is 0. The molecule has 15 heavy (non-hydrogen) atoms. The number of carboxylic acid groups (broad SMARTS) is 1. The van der Waals surface area contributed by atoms with Crippen molar-refractivity contribution in [3.63, 3.8) is 0 Å². The Kier molecular flexibility index (Phi) is 3.17. The van der Waals surface area contributed by atoms with E-state index in [0.29, 0.717) is 0 Å². The first-order chi connectivity index (χ1) is 6.91. The van der Waals surface area contributed by atoms with E-state index in [1.165, 1.54) is 7.11 Å². The largest absolute Gasteiger partial charge is 0.481 e. The highest BCUT2D eigenvalue weighted by Gasteiger charge is 2.60. The Morgan fingerprint density at radius 1 is 1.53 bits per heavy atom. The first kappa shape index (κ1) is 11.8. The van der Waals surface area contributed by atoms with E-state index in [9.17, 15) is 4.79 Å². The Labute approximate surface area is 89.6 Å². The van der Waals surface area contributed by atoms with Gasteiger partial charge in [0.25, 0.3) is 0 Å². The zero-order valence-corrected chi connectivity index (χ0v) is 9.52. The summed E-state index contributed by atoms with van der Waals surface area (Å²) in [5.74, 6) is -0.903. The maximum atomic E-state index is 10.9. The van der Waals surface area contributed by atoms with Crippen molar-refractivity contribution in [3.05, 3.63) is 11.6 Å². The molecular formula is C11H17NO3. The van der Waals surface area contributed by atoms with E-state index in [4.69, 9.17) is 5.11 Å². The minimum atomic E-state index is -0.724. The van der Waals surface area contributed by atoms with Crippen molar-refractivity contribution < 1.29 is 14.7 Å². The van der Waals surface area contributed by atoms with Crippen LogP contribution in [0, 0.1) is 17.3 Å². The third-order valence-corrected chi connectivity index (χ3v) is 2.98. The normalized spacial score (nSPS) is 29.2. The molecule has 0 saturated heterocycles. The molecule has 4 heteroatoms. The monoisotopic (exact) mass is 211 g/mol. The quantitative estimate of drug-likeness (QED) is 0.571. The molecule has 0 unspecified atom stereocenters. The molecule has 0 amide bonds. The van der Waals surface area contributed by atoms with Crippen molar-refractivity contribution in [2.24, 2.45) is 22.4 Å². The molecule has 84 valence electrons. The number of nitrogens with zero attached hydrogens (tertiary/aromatic N) is 1. The Balaban J connectivity index is 2.69. The van der Waals surface area contributed by atoms with Gasteiger partial charge in [0.1, 0.15) is 7.11 Å². The molecule has 1 N–H and O–H groups in total. The van der Waals surface area contributed by atoms with E-state index in [-0.39, 0.29) is 17.3 Å². The van der Waals surface area contributed by atoms with Crippen molar-refractivity contribution in [1.29, 1.82) is 0 Å².